The smallest absolute Gasteiger partial charge is 0.574 e. The van der Waals surface area contributed by atoms with Gasteiger partial charge in [0.25, 0.3) is 12.9 Å². The minimum absolute atomic E-state index is 0. The van der Waals surface area contributed by atoms with Crippen molar-refractivity contribution in [2.45, 2.75) is 52.1 Å². The first-order valence-corrected chi connectivity index (χ1v) is 19.6. The van der Waals surface area contributed by atoms with E-state index in [1.807, 2.05) is 18.2 Å². The molecule has 0 saturated heterocycles. The van der Waals surface area contributed by atoms with Gasteiger partial charge in [0, 0.05) is 30.1 Å². The second-order valence-corrected chi connectivity index (χ2v) is 14.3. The molecule has 1 aliphatic rings. The number of aryl methyl sites for hydroxylation is 2. The van der Waals surface area contributed by atoms with Gasteiger partial charge in [-0.3, -0.25) is 19.6 Å². The number of rotatable bonds is 14. The van der Waals surface area contributed by atoms with E-state index in [4.69, 9.17) is 28.9 Å². The minimum Gasteiger partial charge on any atom is -0.574 e. The molecule has 0 spiro atoms. The Kier molecular flexibility index (Phi) is 14.7. The molecule has 314 valence electrons. The van der Waals surface area contributed by atoms with Crippen molar-refractivity contribution in [1.82, 2.24) is 40.3 Å². The zero-order chi connectivity index (χ0) is 42.1. The molecule has 0 aliphatic carbocycles. The Bertz CT molecular complexity index is 2600. The average Bonchev–Trinajstić information content (AvgIpc) is 4.03. The molecule has 0 N–H and O–H groups in total. The van der Waals surface area contributed by atoms with Gasteiger partial charge in [-0.1, -0.05) is 55.8 Å². The molecule has 7 aromatic rings. The van der Waals surface area contributed by atoms with Crippen LogP contribution >= 0.6 is 11.3 Å². The third kappa shape index (κ3) is 10.9. The van der Waals surface area contributed by atoms with E-state index in [1.165, 1.54) is 30.3 Å². The largest absolute Gasteiger partial charge is 2.00 e. The van der Waals surface area contributed by atoms with Crippen LogP contribution in [-0.2, 0) is 41.7 Å². The Morgan fingerprint density at radius 3 is 2.00 bits per heavy atom. The Labute approximate surface area is 364 Å². The Balaban J connectivity index is 0.000000238. The van der Waals surface area contributed by atoms with Crippen molar-refractivity contribution in [2.24, 2.45) is 0 Å². The molecule has 7 aromatic heterocycles. The van der Waals surface area contributed by atoms with E-state index in [9.17, 15) is 22.8 Å². The van der Waals surface area contributed by atoms with E-state index in [-0.39, 0.29) is 30.9 Å². The van der Waals surface area contributed by atoms with Gasteiger partial charge in [0.2, 0.25) is 0 Å². The average molecular weight is 938 g/mol. The minimum atomic E-state index is -4.52. The van der Waals surface area contributed by atoms with Crippen molar-refractivity contribution in [3.8, 4) is 79.1 Å². The summed E-state index contributed by atoms with van der Waals surface area (Å²) < 4.78 is 59.7. The summed E-state index contributed by atoms with van der Waals surface area (Å²) in [5.41, 5.74) is 3.82. The van der Waals surface area contributed by atoms with Gasteiger partial charge in [0.15, 0.2) is 11.5 Å². The SMILES string of the molecule is CCCCCCc1sc(-c2cccc(-c3cc(OC=O)cc(-c4cc(OC=O)ccn4)n3)n2)c2c1OCCO2.Cc1cc(-c2cccc(-c3cc(C(F)(F)F)n[n-]3)n2)[n-]n1.[Ru+2]. The van der Waals surface area contributed by atoms with E-state index in [2.05, 4.69) is 37.3 Å². The predicted octanol–water partition coefficient (Wildman–Crippen LogP) is 8.34. The van der Waals surface area contributed by atoms with Crippen LogP contribution in [0.5, 0.6) is 23.0 Å². The number of nitrogens with zero attached hydrogens (tertiary/aromatic N) is 8. The maximum Gasteiger partial charge on any atom is 2.00 e. The van der Waals surface area contributed by atoms with Crippen LogP contribution in [0.3, 0.4) is 0 Å². The van der Waals surface area contributed by atoms with E-state index in [1.54, 1.807) is 66.8 Å². The Hall–Kier alpha value is -6.33. The van der Waals surface area contributed by atoms with Crippen LogP contribution in [-0.4, -0.2) is 56.3 Å². The summed E-state index contributed by atoms with van der Waals surface area (Å²) in [6.07, 6.45) is 2.60. The molecule has 8 rings (SSSR count). The normalized spacial score (nSPS) is 11.8. The number of hydrogen-bond acceptors (Lipinski definition) is 13. The number of unbranched alkanes of at least 4 members (excludes halogenated alkanes) is 3. The topological polar surface area (TPSA) is 177 Å². The van der Waals surface area contributed by atoms with Crippen molar-refractivity contribution in [3.05, 3.63) is 95.3 Å². The summed E-state index contributed by atoms with van der Waals surface area (Å²) in [6.45, 7) is 5.70. The summed E-state index contributed by atoms with van der Waals surface area (Å²) >= 11 is 1.65. The van der Waals surface area contributed by atoms with E-state index in [0.29, 0.717) is 71.8 Å². The van der Waals surface area contributed by atoms with Crippen LogP contribution in [0.25, 0.3) is 56.1 Å². The number of aromatic nitrogens is 8. The van der Waals surface area contributed by atoms with Crippen LogP contribution in [0.15, 0.2) is 79.0 Å². The molecule has 0 unspecified atom stereocenters. The zero-order valence-corrected chi connectivity index (χ0v) is 35.1. The molecule has 0 radical (unpaired) electrons. The van der Waals surface area contributed by atoms with Crippen LogP contribution in [0, 0.1) is 6.92 Å². The molecule has 8 heterocycles. The molecule has 1 aliphatic heterocycles. The molecule has 0 fully saturated rings. The number of carbonyl (C=O) groups excluding carboxylic acids is 2. The summed E-state index contributed by atoms with van der Waals surface area (Å²) in [5.74, 6) is 2.16. The van der Waals surface area contributed by atoms with Crippen LogP contribution < -0.4 is 29.1 Å². The third-order valence-electron chi connectivity index (χ3n) is 8.89. The van der Waals surface area contributed by atoms with E-state index >= 15 is 0 Å². The molecule has 19 heteroatoms. The number of ether oxygens (including phenoxy) is 4. The van der Waals surface area contributed by atoms with Crippen molar-refractivity contribution in [3.63, 3.8) is 0 Å². The standard InChI is InChI=1S/C29H27N3O6S.C13H8F3N5.Ru/c1-2-3-4-5-9-26-27-28(36-13-12-35-27)29(39-26)22-8-6-7-21(31-22)24-15-20(38-18-34)16-25(32-24)23-14-19(37-17-33)10-11-30-23;1-7-5-10(19-18-7)8-3-2-4-9(17-8)11-6-12(21-20-11)13(14,15)16;/h6-8,10-11,14-18H,2-5,9,12-13H2,1H3;2-6H,1H3;/q;-2;+2. The number of alkyl halides is 3. The van der Waals surface area contributed by atoms with Gasteiger partial charge >= 0.3 is 25.7 Å². The predicted molar refractivity (Wildman–Crippen MR) is 213 cm³/mol. The van der Waals surface area contributed by atoms with Gasteiger partial charge in [-0.25, -0.2) is 9.97 Å². The van der Waals surface area contributed by atoms with Crippen LogP contribution in [0.4, 0.5) is 13.2 Å². The third-order valence-corrected chi connectivity index (χ3v) is 10.1. The summed E-state index contributed by atoms with van der Waals surface area (Å²) in [6, 6.07) is 19.6. The van der Waals surface area contributed by atoms with E-state index in [0.717, 1.165) is 46.7 Å². The van der Waals surface area contributed by atoms with Crippen molar-refractivity contribution < 1.29 is 61.2 Å². The van der Waals surface area contributed by atoms with Crippen molar-refractivity contribution in [2.75, 3.05) is 13.2 Å². The molecule has 0 aromatic carbocycles. The molecular formula is C42H35F3N8O6RuS. The van der Waals surface area contributed by atoms with Gasteiger partial charge < -0.3 is 39.3 Å². The number of pyridine rings is 4. The Morgan fingerprint density at radius 1 is 0.721 bits per heavy atom. The monoisotopic (exact) mass is 938 g/mol. The molecule has 61 heavy (non-hydrogen) atoms. The van der Waals surface area contributed by atoms with Gasteiger partial charge in [-0.05, 0) is 56.2 Å². The second-order valence-electron chi connectivity index (χ2n) is 13.2. The quantitative estimate of drug-likeness (QED) is 0.0578. The van der Waals surface area contributed by atoms with Crippen molar-refractivity contribution in [1.29, 1.82) is 0 Å². The van der Waals surface area contributed by atoms with Gasteiger partial charge in [-0.15, -0.1) is 11.3 Å². The first kappa shape index (κ1) is 44.2. The number of thiophene rings is 1. The summed E-state index contributed by atoms with van der Waals surface area (Å²) in [7, 11) is 0. The number of carbonyl (C=O) groups is 2. The summed E-state index contributed by atoms with van der Waals surface area (Å²) in [4.78, 5) is 42.2. The molecule has 0 saturated carbocycles. The number of fused-ring (bicyclic) bond motifs is 1. The molecule has 0 bridgehead atoms. The number of halogens is 3. The fourth-order valence-electron chi connectivity index (χ4n) is 6.12. The fraction of sp³-hybridized carbons (Fsp3) is 0.238. The van der Waals surface area contributed by atoms with Crippen molar-refractivity contribution >= 4 is 24.3 Å². The zero-order valence-electron chi connectivity index (χ0n) is 32.5. The first-order chi connectivity index (χ1) is 29.1. The number of hydrogen-bond donors (Lipinski definition) is 0. The fourth-order valence-corrected chi connectivity index (χ4v) is 7.32. The molecule has 0 atom stereocenters. The van der Waals surface area contributed by atoms with E-state index < -0.39 is 11.9 Å². The van der Waals surface area contributed by atoms with Crippen LogP contribution in [0.1, 0.15) is 48.9 Å². The van der Waals surface area contributed by atoms with Gasteiger partial charge in [-0.2, -0.15) is 13.2 Å². The molecule has 0 amide bonds. The van der Waals surface area contributed by atoms with Gasteiger partial charge in [0.05, 0.1) is 49.6 Å². The maximum atomic E-state index is 12.5. The van der Waals surface area contributed by atoms with Crippen LogP contribution in [0.2, 0.25) is 0 Å². The maximum absolute atomic E-state index is 12.5. The van der Waals surface area contributed by atoms with Gasteiger partial charge in [0.1, 0.15) is 30.4 Å². The summed E-state index contributed by atoms with van der Waals surface area (Å²) in [5, 5.41) is 14.5. The molecular weight excluding hydrogens is 903 g/mol. The first-order valence-electron chi connectivity index (χ1n) is 18.7. The second kappa shape index (κ2) is 20.3. The Morgan fingerprint density at radius 2 is 1.33 bits per heavy atom. The molecule has 14 nitrogen and oxygen atoms in total.